The van der Waals surface area contributed by atoms with Crippen molar-refractivity contribution in [1.82, 2.24) is 10.3 Å². The molecule has 2 aromatic carbocycles. The van der Waals surface area contributed by atoms with Crippen LogP contribution in [0.1, 0.15) is 48.4 Å². The summed E-state index contributed by atoms with van der Waals surface area (Å²) in [6, 6.07) is 19.9. The molecule has 6 heteroatoms. The average Bonchev–Trinajstić information content (AvgIpc) is 3.49. The molecule has 1 aliphatic carbocycles. The third kappa shape index (κ3) is 4.80. The minimum absolute atomic E-state index is 0.140. The van der Waals surface area contributed by atoms with Crippen molar-refractivity contribution in [3.05, 3.63) is 83.6 Å². The van der Waals surface area contributed by atoms with Crippen molar-refractivity contribution in [1.29, 1.82) is 0 Å². The largest absolute Gasteiger partial charge is 0.493 e. The SMILES string of the molecule is COc1ccc([C@H]2CN(c3cc(Cc4ccccc4)ccn3)C(=O)N2)cc1OC1CCCC1. The summed E-state index contributed by atoms with van der Waals surface area (Å²) in [4.78, 5) is 19.0. The summed E-state index contributed by atoms with van der Waals surface area (Å²) in [5.74, 6) is 2.14. The van der Waals surface area contributed by atoms with E-state index in [0.717, 1.165) is 41.9 Å². The van der Waals surface area contributed by atoms with Crippen molar-refractivity contribution < 1.29 is 14.3 Å². The number of ether oxygens (including phenoxy) is 2. The van der Waals surface area contributed by atoms with E-state index in [1.165, 1.54) is 18.4 Å². The van der Waals surface area contributed by atoms with Crippen LogP contribution in [-0.2, 0) is 6.42 Å². The van der Waals surface area contributed by atoms with Crippen LogP contribution in [0.25, 0.3) is 0 Å². The highest BCUT2D eigenvalue weighted by Crippen LogP contribution is 2.35. The molecule has 2 amide bonds. The van der Waals surface area contributed by atoms with Gasteiger partial charge in [-0.05, 0) is 73.1 Å². The lowest BCUT2D eigenvalue weighted by Crippen LogP contribution is -2.28. The van der Waals surface area contributed by atoms with Crippen LogP contribution in [0.5, 0.6) is 11.5 Å². The predicted molar refractivity (Wildman–Crippen MR) is 128 cm³/mol. The fourth-order valence-electron chi connectivity index (χ4n) is 4.66. The van der Waals surface area contributed by atoms with Crippen molar-refractivity contribution in [2.45, 2.75) is 44.2 Å². The smallest absolute Gasteiger partial charge is 0.323 e. The van der Waals surface area contributed by atoms with E-state index in [1.807, 2.05) is 48.5 Å². The Bertz CT molecular complexity index is 1110. The Hall–Kier alpha value is -3.54. The lowest BCUT2D eigenvalue weighted by molar-refractivity contribution is 0.200. The Balaban J connectivity index is 1.33. The van der Waals surface area contributed by atoms with Crippen LogP contribution >= 0.6 is 0 Å². The van der Waals surface area contributed by atoms with Crippen molar-refractivity contribution in [3.63, 3.8) is 0 Å². The van der Waals surface area contributed by atoms with Crippen LogP contribution in [0, 0.1) is 0 Å². The molecule has 2 fully saturated rings. The topological polar surface area (TPSA) is 63.7 Å². The zero-order valence-electron chi connectivity index (χ0n) is 18.9. The molecule has 0 radical (unpaired) electrons. The molecular formula is C27H29N3O3. The van der Waals surface area contributed by atoms with Crippen LogP contribution in [0.2, 0.25) is 0 Å². The van der Waals surface area contributed by atoms with Gasteiger partial charge in [0.2, 0.25) is 0 Å². The molecule has 1 saturated heterocycles. The van der Waals surface area contributed by atoms with Crippen LogP contribution in [0.4, 0.5) is 10.6 Å². The Morgan fingerprint density at radius 1 is 1.00 bits per heavy atom. The zero-order chi connectivity index (χ0) is 22.6. The van der Waals surface area contributed by atoms with Gasteiger partial charge in [0.25, 0.3) is 0 Å². The maximum Gasteiger partial charge on any atom is 0.323 e. The van der Waals surface area contributed by atoms with Gasteiger partial charge in [-0.1, -0.05) is 36.4 Å². The van der Waals surface area contributed by atoms with Gasteiger partial charge < -0.3 is 14.8 Å². The Kier molecular flexibility index (Phi) is 6.15. The average molecular weight is 444 g/mol. The number of nitrogens with zero attached hydrogens (tertiary/aromatic N) is 2. The zero-order valence-corrected chi connectivity index (χ0v) is 18.9. The molecule has 6 nitrogen and oxygen atoms in total. The van der Waals surface area contributed by atoms with Crippen LogP contribution in [0.3, 0.4) is 0 Å². The van der Waals surface area contributed by atoms with Gasteiger partial charge >= 0.3 is 6.03 Å². The number of aromatic nitrogens is 1. The van der Waals surface area contributed by atoms with Gasteiger partial charge in [-0.3, -0.25) is 4.90 Å². The maximum absolute atomic E-state index is 12.8. The van der Waals surface area contributed by atoms with Crippen molar-refractivity contribution in [3.8, 4) is 11.5 Å². The molecule has 1 atom stereocenters. The molecule has 33 heavy (non-hydrogen) atoms. The first kappa shape index (κ1) is 21.3. The van der Waals surface area contributed by atoms with E-state index in [-0.39, 0.29) is 18.2 Å². The summed E-state index contributed by atoms with van der Waals surface area (Å²) < 4.78 is 11.8. The fraction of sp³-hybridized carbons (Fsp3) is 0.333. The summed E-state index contributed by atoms with van der Waals surface area (Å²) in [6.07, 6.45) is 7.37. The van der Waals surface area contributed by atoms with Gasteiger partial charge in [0.15, 0.2) is 11.5 Å². The molecule has 2 aliphatic rings. The number of pyridine rings is 1. The second-order valence-corrected chi connectivity index (χ2v) is 8.73. The van der Waals surface area contributed by atoms with Gasteiger partial charge in [0.05, 0.1) is 25.8 Å². The maximum atomic E-state index is 12.8. The van der Waals surface area contributed by atoms with Crippen LogP contribution < -0.4 is 19.7 Å². The predicted octanol–water partition coefficient (Wildman–Crippen LogP) is 5.27. The standard InChI is InChI=1S/C27H29N3O3/c1-32-24-12-11-21(17-25(24)33-22-9-5-6-10-22)23-18-30(27(31)29-23)26-16-20(13-14-28-26)15-19-7-3-2-4-8-19/h2-4,7-8,11-14,16-17,22-23H,5-6,9-10,15,18H2,1H3,(H,29,31)/t23-/m1/s1. The van der Waals surface area contributed by atoms with E-state index in [0.29, 0.717) is 12.4 Å². The Morgan fingerprint density at radius 2 is 1.82 bits per heavy atom. The van der Waals surface area contributed by atoms with Gasteiger partial charge in [-0.25, -0.2) is 9.78 Å². The molecule has 0 spiro atoms. The number of hydrogen-bond donors (Lipinski definition) is 1. The van der Waals surface area contributed by atoms with Crippen molar-refractivity contribution in [2.75, 3.05) is 18.6 Å². The molecule has 1 saturated carbocycles. The third-order valence-electron chi connectivity index (χ3n) is 6.43. The highest BCUT2D eigenvalue weighted by molar-refractivity contribution is 5.93. The second-order valence-electron chi connectivity index (χ2n) is 8.73. The van der Waals surface area contributed by atoms with Crippen molar-refractivity contribution >= 4 is 11.8 Å². The molecule has 2 heterocycles. The molecular weight excluding hydrogens is 414 g/mol. The number of hydrogen-bond acceptors (Lipinski definition) is 4. The first-order valence-corrected chi connectivity index (χ1v) is 11.6. The summed E-state index contributed by atoms with van der Waals surface area (Å²) in [7, 11) is 1.66. The van der Waals surface area contributed by atoms with E-state index >= 15 is 0 Å². The number of rotatable bonds is 7. The van der Waals surface area contributed by atoms with Crippen molar-refractivity contribution in [2.24, 2.45) is 0 Å². The number of benzene rings is 2. The van der Waals surface area contributed by atoms with E-state index in [4.69, 9.17) is 9.47 Å². The monoisotopic (exact) mass is 443 g/mol. The van der Waals surface area contributed by atoms with E-state index in [1.54, 1.807) is 18.2 Å². The van der Waals surface area contributed by atoms with E-state index < -0.39 is 0 Å². The van der Waals surface area contributed by atoms with Crippen LogP contribution in [0.15, 0.2) is 66.9 Å². The van der Waals surface area contributed by atoms with Gasteiger partial charge in [-0.2, -0.15) is 0 Å². The highest BCUT2D eigenvalue weighted by atomic mass is 16.5. The van der Waals surface area contributed by atoms with Gasteiger partial charge in [-0.15, -0.1) is 0 Å². The van der Waals surface area contributed by atoms with E-state index in [2.05, 4.69) is 22.4 Å². The quantitative estimate of drug-likeness (QED) is 0.540. The highest BCUT2D eigenvalue weighted by Gasteiger charge is 2.32. The first-order chi connectivity index (χ1) is 16.2. The normalized spacial score (nSPS) is 18.4. The summed E-state index contributed by atoms with van der Waals surface area (Å²) in [5, 5.41) is 3.10. The van der Waals surface area contributed by atoms with E-state index in [9.17, 15) is 4.79 Å². The first-order valence-electron chi connectivity index (χ1n) is 11.6. The van der Waals surface area contributed by atoms with Gasteiger partial charge in [0.1, 0.15) is 5.82 Å². The number of carbonyl (C=O) groups excluding carboxylic acids is 1. The minimum atomic E-state index is -0.145. The number of urea groups is 1. The molecule has 1 aliphatic heterocycles. The Labute approximate surface area is 194 Å². The number of nitrogens with one attached hydrogen (secondary N) is 1. The third-order valence-corrected chi connectivity index (χ3v) is 6.43. The molecule has 1 N–H and O–H groups in total. The number of methoxy groups -OCH3 is 1. The number of amides is 2. The molecule has 170 valence electrons. The second kappa shape index (κ2) is 9.53. The summed E-state index contributed by atoms with van der Waals surface area (Å²) in [6.45, 7) is 0.510. The molecule has 3 aromatic rings. The minimum Gasteiger partial charge on any atom is -0.493 e. The lowest BCUT2D eigenvalue weighted by Gasteiger charge is -2.19. The molecule has 0 unspecified atom stereocenters. The number of anilines is 1. The summed E-state index contributed by atoms with van der Waals surface area (Å²) in [5.41, 5.74) is 3.35. The molecule has 1 aromatic heterocycles. The van der Waals surface area contributed by atoms with Gasteiger partial charge in [0, 0.05) is 6.20 Å². The molecule has 5 rings (SSSR count). The summed E-state index contributed by atoms with van der Waals surface area (Å²) >= 11 is 0. The molecule has 0 bridgehead atoms. The lowest BCUT2D eigenvalue weighted by atomic mass is 10.1. The van der Waals surface area contributed by atoms with Crippen LogP contribution in [-0.4, -0.2) is 30.8 Å². The number of carbonyl (C=O) groups is 1. The fourth-order valence-corrected chi connectivity index (χ4v) is 4.66. The Morgan fingerprint density at radius 3 is 2.61 bits per heavy atom.